The summed E-state index contributed by atoms with van der Waals surface area (Å²) in [4.78, 5) is 4.29. The molecule has 0 saturated heterocycles. The number of fused-ring (bicyclic) bond motifs is 1. The predicted molar refractivity (Wildman–Crippen MR) is 84.2 cm³/mol. The minimum Gasteiger partial charge on any atom is -0.444 e. The van der Waals surface area contributed by atoms with Gasteiger partial charge in [0, 0.05) is 12.5 Å². The van der Waals surface area contributed by atoms with Gasteiger partial charge in [-0.15, -0.1) is 0 Å². The Balaban J connectivity index is 1.63. The van der Waals surface area contributed by atoms with Gasteiger partial charge in [0.1, 0.15) is 5.76 Å². The zero-order valence-corrected chi connectivity index (χ0v) is 13.0. The maximum absolute atomic E-state index is 5.64. The highest BCUT2D eigenvalue weighted by Crippen LogP contribution is 2.24. The summed E-state index contributed by atoms with van der Waals surface area (Å²) < 4.78 is 5.64. The van der Waals surface area contributed by atoms with E-state index in [1.165, 1.54) is 42.4 Å². The normalized spacial score (nSPS) is 15.7. The molecule has 0 aliphatic heterocycles. The monoisotopic (exact) mass is 284 g/mol. The minimum absolute atomic E-state index is 0.314. The maximum atomic E-state index is 5.64. The topological polar surface area (TPSA) is 38.1 Å². The second kappa shape index (κ2) is 6.44. The van der Waals surface area contributed by atoms with Gasteiger partial charge in [0.2, 0.25) is 5.89 Å². The second-order valence-electron chi connectivity index (χ2n) is 5.91. The summed E-state index contributed by atoms with van der Waals surface area (Å²) in [5, 5.41) is 3.50. The van der Waals surface area contributed by atoms with Crippen LogP contribution >= 0.6 is 0 Å². The van der Waals surface area contributed by atoms with Gasteiger partial charge in [-0.25, -0.2) is 4.98 Å². The van der Waals surface area contributed by atoms with Crippen LogP contribution in [0.2, 0.25) is 0 Å². The lowest BCUT2D eigenvalue weighted by Gasteiger charge is -2.19. The fourth-order valence-corrected chi connectivity index (χ4v) is 2.97. The summed E-state index contributed by atoms with van der Waals surface area (Å²) in [5.74, 6) is 1.73. The molecule has 1 aromatic heterocycles. The Morgan fingerprint density at radius 2 is 2.05 bits per heavy atom. The fourth-order valence-electron chi connectivity index (χ4n) is 2.97. The van der Waals surface area contributed by atoms with E-state index in [4.69, 9.17) is 4.42 Å². The molecule has 0 bridgehead atoms. The second-order valence-corrected chi connectivity index (χ2v) is 5.91. The van der Waals surface area contributed by atoms with Gasteiger partial charge in [-0.2, -0.15) is 0 Å². The largest absolute Gasteiger partial charge is 0.444 e. The summed E-state index contributed by atoms with van der Waals surface area (Å²) in [6.07, 6.45) is 7.86. The van der Waals surface area contributed by atoms with Crippen LogP contribution in [0.15, 0.2) is 28.8 Å². The molecule has 1 N–H and O–H groups in total. The highest BCUT2D eigenvalue weighted by atomic mass is 16.4. The molecular formula is C18H24N2O. The lowest BCUT2D eigenvalue weighted by Crippen LogP contribution is -2.19. The van der Waals surface area contributed by atoms with E-state index in [-0.39, 0.29) is 0 Å². The van der Waals surface area contributed by atoms with Crippen molar-refractivity contribution in [3.8, 4) is 0 Å². The number of nitrogens with one attached hydrogen (secondary N) is 1. The van der Waals surface area contributed by atoms with Gasteiger partial charge in [0.05, 0.1) is 12.7 Å². The molecule has 1 atom stereocenters. The van der Waals surface area contributed by atoms with E-state index in [1.54, 1.807) is 0 Å². The van der Waals surface area contributed by atoms with Crippen LogP contribution in [0.25, 0.3) is 0 Å². The van der Waals surface area contributed by atoms with Gasteiger partial charge in [-0.3, -0.25) is 0 Å². The Kier molecular flexibility index (Phi) is 4.39. The molecular weight excluding hydrogens is 260 g/mol. The third-order valence-electron chi connectivity index (χ3n) is 4.38. The first-order valence-electron chi connectivity index (χ1n) is 8.05. The van der Waals surface area contributed by atoms with Crippen molar-refractivity contribution in [3.05, 3.63) is 52.7 Å². The van der Waals surface area contributed by atoms with Crippen LogP contribution in [0.5, 0.6) is 0 Å². The Hall–Kier alpha value is -1.61. The molecule has 2 aromatic rings. The summed E-state index contributed by atoms with van der Waals surface area (Å²) in [6, 6.07) is 7.25. The molecule has 1 aromatic carbocycles. The highest BCUT2D eigenvalue weighted by Gasteiger charge is 2.13. The average Bonchev–Trinajstić information content (AvgIpc) is 3.00. The zero-order chi connectivity index (χ0) is 14.7. The number of aryl methyl sites for hydroxylation is 3. The van der Waals surface area contributed by atoms with Crippen LogP contribution in [-0.2, 0) is 25.8 Å². The first-order valence-corrected chi connectivity index (χ1v) is 8.05. The Labute approximate surface area is 126 Å². The SMILES string of the molecule is CCc1cnc(CNC(C)c2ccc3c(c2)CCCC3)o1. The molecule has 1 aliphatic rings. The zero-order valence-electron chi connectivity index (χ0n) is 13.0. The average molecular weight is 284 g/mol. The van der Waals surface area contributed by atoms with Crippen molar-refractivity contribution in [2.24, 2.45) is 0 Å². The van der Waals surface area contributed by atoms with E-state index in [0.717, 1.165) is 18.1 Å². The Morgan fingerprint density at radius 1 is 1.24 bits per heavy atom. The van der Waals surface area contributed by atoms with E-state index < -0.39 is 0 Å². The van der Waals surface area contributed by atoms with Crippen LogP contribution in [0.4, 0.5) is 0 Å². The molecule has 1 heterocycles. The molecule has 0 radical (unpaired) electrons. The van der Waals surface area contributed by atoms with Crippen molar-refractivity contribution < 1.29 is 4.42 Å². The van der Waals surface area contributed by atoms with Crippen molar-refractivity contribution in [1.82, 2.24) is 10.3 Å². The molecule has 0 fully saturated rings. The van der Waals surface area contributed by atoms with Crippen LogP contribution in [0.1, 0.15) is 61.1 Å². The van der Waals surface area contributed by atoms with Crippen molar-refractivity contribution in [3.63, 3.8) is 0 Å². The molecule has 3 nitrogen and oxygen atoms in total. The van der Waals surface area contributed by atoms with Crippen LogP contribution in [-0.4, -0.2) is 4.98 Å². The third-order valence-corrected chi connectivity index (χ3v) is 4.38. The molecule has 0 spiro atoms. The number of oxazole rings is 1. The van der Waals surface area contributed by atoms with Gasteiger partial charge in [0.15, 0.2) is 0 Å². The van der Waals surface area contributed by atoms with E-state index in [0.29, 0.717) is 12.6 Å². The summed E-state index contributed by atoms with van der Waals surface area (Å²) in [5.41, 5.74) is 4.44. The molecule has 0 amide bonds. The molecule has 3 rings (SSSR count). The van der Waals surface area contributed by atoms with Gasteiger partial charge >= 0.3 is 0 Å². The van der Waals surface area contributed by atoms with Gasteiger partial charge in [0.25, 0.3) is 0 Å². The molecule has 21 heavy (non-hydrogen) atoms. The third kappa shape index (κ3) is 3.35. The molecule has 1 aliphatic carbocycles. The fraction of sp³-hybridized carbons (Fsp3) is 0.500. The maximum Gasteiger partial charge on any atom is 0.208 e. The summed E-state index contributed by atoms with van der Waals surface area (Å²) in [6.45, 7) is 4.96. The first-order chi connectivity index (χ1) is 10.3. The quantitative estimate of drug-likeness (QED) is 0.903. The highest BCUT2D eigenvalue weighted by molar-refractivity contribution is 5.35. The lowest BCUT2D eigenvalue weighted by atomic mass is 9.89. The van der Waals surface area contributed by atoms with E-state index in [2.05, 4.69) is 42.3 Å². The predicted octanol–water partition coefficient (Wildman–Crippen LogP) is 3.97. The number of benzene rings is 1. The Bertz CT molecular complexity index is 603. The van der Waals surface area contributed by atoms with Crippen molar-refractivity contribution in [2.45, 2.75) is 58.5 Å². The molecule has 3 heteroatoms. The van der Waals surface area contributed by atoms with Crippen molar-refractivity contribution in [1.29, 1.82) is 0 Å². The van der Waals surface area contributed by atoms with Crippen LogP contribution in [0.3, 0.4) is 0 Å². The van der Waals surface area contributed by atoms with Crippen LogP contribution in [0, 0.1) is 0 Å². The standard InChI is InChI=1S/C18H24N2O/c1-3-17-11-20-18(21-17)12-19-13(2)15-9-8-14-6-4-5-7-16(14)10-15/h8-11,13,19H,3-7,12H2,1-2H3. The lowest BCUT2D eigenvalue weighted by molar-refractivity contribution is 0.424. The van der Waals surface area contributed by atoms with Gasteiger partial charge < -0.3 is 9.73 Å². The van der Waals surface area contributed by atoms with Crippen LogP contribution < -0.4 is 5.32 Å². The molecule has 0 saturated carbocycles. The van der Waals surface area contributed by atoms with E-state index in [9.17, 15) is 0 Å². The minimum atomic E-state index is 0.314. The Morgan fingerprint density at radius 3 is 2.81 bits per heavy atom. The number of nitrogens with zero attached hydrogens (tertiary/aromatic N) is 1. The first kappa shape index (κ1) is 14.3. The summed E-state index contributed by atoms with van der Waals surface area (Å²) >= 11 is 0. The van der Waals surface area contributed by atoms with Gasteiger partial charge in [-0.1, -0.05) is 25.1 Å². The van der Waals surface area contributed by atoms with Gasteiger partial charge in [-0.05, 0) is 49.3 Å². The number of hydrogen-bond donors (Lipinski definition) is 1. The van der Waals surface area contributed by atoms with Crippen molar-refractivity contribution in [2.75, 3.05) is 0 Å². The molecule has 1 unspecified atom stereocenters. The number of rotatable bonds is 5. The molecule has 112 valence electrons. The number of aromatic nitrogens is 1. The number of hydrogen-bond acceptors (Lipinski definition) is 3. The smallest absolute Gasteiger partial charge is 0.208 e. The van der Waals surface area contributed by atoms with E-state index in [1.807, 2.05) is 6.20 Å². The summed E-state index contributed by atoms with van der Waals surface area (Å²) in [7, 11) is 0. The van der Waals surface area contributed by atoms with Crippen molar-refractivity contribution >= 4 is 0 Å². The van der Waals surface area contributed by atoms with E-state index >= 15 is 0 Å².